The molecule has 0 aromatic heterocycles. The van der Waals surface area contributed by atoms with Gasteiger partial charge in [0, 0.05) is 19.6 Å². The Kier molecular flexibility index (Phi) is 6.89. The SMILES string of the molecule is CCNC(=NCC1CC1)NCCCS(=O)(=O)Cc1ccccc1. The van der Waals surface area contributed by atoms with Crippen molar-refractivity contribution < 1.29 is 8.42 Å². The highest BCUT2D eigenvalue weighted by molar-refractivity contribution is 7.90. The number of hydrogen-bond acceptors (Lipinski definition) is 3. The Bertz CT molecular complexity index is 596. The van der Waals surface area contributed by atoms with Gasteiger partial charge in [0.1, 0.15) is 0 Å². The molecule has 2 N–H and O–H groups in total. The zero-order valence-electron chi connectivity index (χ0n) is 13.8. The first-order valence-electron chi connectivity index (χ1n) is 8.35. The molecule has 0 atom stereocenters. The quantitative estimate of drug-likeness (QED) is 0.410. The summed E-state index contributed by atoms with van der Waals surface area (Å²) < 4.78 is 24.2. The lowest BCUT2D eigenvalue weighted by molar-refractivity contribution is 0.591. The molecule has 6 heteroatoms. The van der Waals surface area contributed by atoms with Crippen molar-refractivity contribution in [2.75, 3.05) is 25.4 Å². The molecule has 5 nitrogen and oxygen atoms in total. The van der Waals surface area contributed by atoms with Crippen LogP contribution in [0, 0.1) is 5.92 Å². The molecule has 1 aliphatic carbocycles. The summed E-state index contributed by atoms with van der Waals surface area (Å²) in [7, 11) is -3.06. The molecular formula is C17H27N3O2S. The van der Waals surface area contributed by atoms with E-state index in [1.807, 2.05) is 37.3 Å². The minimum atomic E-state index is -3.06. The molecule has 0 saturated heterocycles. The van der Waals surface area contributed by atoms with Gasteiger partial charge in [0.2, 0.25) is 0 Å². The van der Waals surface area contributed by atoms with Crippen LogP contribution in [0.1, 0.15) is 31.7 Å². The molecule has 0 unspecified atom stereocenters. The van der Waals surface area contributed by atoms with Gasteiger partial charge >= 0.3 is 0 Å². The minimum absolute atomic E-state index is 0.115. The highest BCUT2D eigenvalue weighted by Crippen LogP contribution is 2.28. The molecule has 2 rings (SSSR count). The lowest BCUT2D eigenvalue weighted by Gasteiger charge is -2.11. The normalized spacial score (nSPS) is 15.4. The summed E-state index contributed by atoms with van der Waals surface area (Å²) in [6.45, 7) is 4.31. The molecule has 0 radical (unpaired) electrons. The van der Waals surface area contributed by atoms with Crippen molar-refractivity contribution in [3.05, 3.63) is 35.9 Å². The molecule has 0 bridgehead atoms. The highest BCUT2D eigenvalue weighted by Gasteiger charge is 2.20. The maximum atomic E-state index is 12.1. The van der Waals surface area contributed by atoms with E-state index in [0.29, 0.717) is 13.0 Å². The zero-order chi connectivity index (χ0) is 16.5. The number of rotatable bonds is 9. The highest BCUT2D eigenvalue weighted by atomic mass is 32.2. The summed E-state index contributed by atoms with van der Waals surface area (Å²) in [6, 6.07) is 9.33. The first-order valence-corrected chi connectivity index (χ1v) is 10.2. The van der Waals surface area contributed by atoms with Crippen LogP contribution in [0.3, 0.4) is 0 Å². The van der Waals surface area contributed by atoms with Crippen LogP contribution in [0.25, 0.3) is 0 Å². The molecule has 1 aromatic carbocycles. The lowest BCUT2D eigenvalue weighted by atomic mass is 10.2. The van der Waals surface area contributed by atoms with Crippen molar-refractivity contribution in [1.29, 1.82) is 0 Å². The molecule has 128 valence electrons. The van der Waals surface area contributed by atoms with E-state index in [0.717, 1.165) is 30.5 Å². The van der Waals surface area contributed by atoms with Gasteiger partial charge in [-0.25, -0.2) is 8.42 Å². The van der Waals surface area contributed by atoms with Crippen LogP contribution in [0.15, 0.2) is 35.3 Å². The van der Waals surface area contributed by atoms with Crippen molar-refractivity contribution in [2.45, 2.75) is 31.9 Å². The smallest absolute Gasteiger partial charge is 0.191 e. The molecule has 1 saturated carbocycles. The van der Waals surface area contributed by atoms with E-state index in [1.54, 1.807) is 0 Å². The first-order chi connectivity index (χ1) is 11.1. The third-order valence-electron chi connectivity index (χ3n) is 3.70. The molecule has 1 aliphatic rings. The predicted molar refractivity (Wildman–Crippen MR) is 95.3 cm³/mol. The summed E-state index contributed by atoms with van der Waals surface area (Å²) >= 11 is 0. The fraction of sp³-hybridized carbons (Fsp3) is 0.588. The van der Waals surface area contributed by atoms with Gasteiger partial charge in [0.05, 0.1) is 11.5 Å². The van der Waals surface area contributed by atoms with Gasteiger partial charge in [0.15, 0.2) is 15.8 Å². The summed E-state index contributed by atoms with van der Waals surface area (Å²) in [5.74, 6) is 1.84. The Morgan fingerprint density at radius 1 is 1.22 bits per heavy atom. The lowest BCUT2D eigenvalue weighted by Crippen LogP contribution is -2.38. The van der Waals surface area contributed by atoms with E-state index >= 15 is 0 Å². The third-order valence-corrected chi connectivity index (χ3v) is 5.39. The first kappa shape index (κ1) is 17.8. The van der Waals surface area contributed by atoms with Gasteiger partial charge in [-0.2, -0.15) is 0 Å². The fourth-order valence-corrected chi connectivity index (χ4v) is 3.69. The number of guanidine groups is 1. The van der Waals surface area contributed by atoms with Gasteiger partial charge < -0.3 is 10.6 Å². The Morgan fingerprint density at radius 3 is 2.61 bits per heavy atom. The Labute approximate surface area is 139 Å². The number of nitrogens with one attached hydrogen (secondary N) is 2. The number of benzene rings is 1. The second kappa shape index (κ2) is 8.91. The number of aliphatic imine (C=N–C) groups is 1. The van der Waals surface area contributed by atoms with Crippen LogP contribution in [-0.2, 0) is 15.6 Å². The average molecular weight is 337 g/mol. The Balaban J connectivity index is 1.71. The van der Waals surface area contributed by atoms with Gasteiger partial charge in [0.25, 0.3) is 0 Å². The maximum absolute atomic E-state index is 12.1. The second-order valence-electron chi connectivity index (χ2n) is 6.02. The van der Waals surface area contributed by atoms with Crippen molar-refractivity contribution in [2.24, 2.45) is 10.9 Å². The van der Waals surface area contributed by atoms with E-state index in [9.17, 15) is 8.42 Å². The van der Waals surface area contributed by atoms with Gasteiger partial charge in [-0.05, 0) is 37.7 Å². The Hall–Kier alpha value is -1.56. The summed E-state index contributed by atoms with van der Waals surface area (Å²) in [4.78, 5) is 4.52. The van der Waals surface area contributed by atoms with E-state index in [4.69, 9.17) is 0 Å². The van der Waals surface area contributed by atoms with Gasteiger partial charge in [-0.1, -0.05) is 30.3 Å². The van der Waals surface area contributed by atoms with E-state index < -0.39 is 9.84 Å². The van der Waals surface area contributed by atoms with Gasteiger partial charge in [-0.15, -0.1) is 0 Å². The minimum Gasteiger partial charge on any atom is -0.357 e. The zero-order valence-corrected chi connectivity index (χ0v) is 14.6. The molecule has 0 spiro atoms. The summed E-state index contributed by atoms with van der Waals surface area (Å²) in [6.07, 6.45) is 3.14. The van der Waals surface area contributed by atoms with Crippen molar-refractivity contribution in [1.82, 2.24) is 10.6 Å². The van der Waals surface area contributed by atoms with Crippen LogP contribution in [0.5, 0.6) is 0 Å². The largest absolute Gasteiger partial charge is 0.357 e. The van der Waals surface area contributed by atoms with Gasteiger partial charge in [-0.3, -0.25) is 4.99 Å². The van der Waals surface area contributed by atoms with Crippen LogP contribution in [0.2, 0.25) is 0 Å². The van der Waals surface area contributed by atoms with E-state index in [2.05, 4.69) is 15.6 Å². The van der Waals surface area contributed by atoms with Crippen LogP contribution in [0.4, 0.5) is 0 Å². The molecular weight excluding hydrogens is 310 g/mol. The molecule has 0 heterocycles. The van der Waals surface area contributed by atoms with E-state index in [-0.39, 0.29) is 11.5 Å². The third kappa shape index (κ3) is 7.50. The molecule has 1 fully saturated rings. The molecule has 0 amide bonds. The fourth-order valence-electron chi connectivity index (χ4n) is 2.26. The van der Waals surface area contributed by atoms with Crippen molar-refractivity contribution >= 4 is 15.8 Å². The van der Waals surface area contributed by atoms with Crippen LogP contribution < -0.4 is 10.6 Å². The second-order valence-corrected chi connectivity index (χ2v) is 8.21. The molecule has 23 heavy (non-hydrogen) atoms. The average Bonchev–Trinajstić information content (AvgIpc) is 3.34. The monoisotopic (exact) mass is 337 g/mol. The predicted octanol–water partition coefficient (Wildman–Crippen LogP) is 1.96. The number of sulfone groups is 1. The van der Waals surface area contributed by atoms with Crippen LogP contribution >= 0.6 is 0 Å². The number of hydrogen-bond donors (Lipinski definition) is 2. The standard InChI is InChI=1S/C17H27N3O2S/c1-2-18-17(20-13-15-9-10-15)19-11-6-12-23(21,22)14-16-7-4-3-5-8-16/h3-5,7-8,15H,2,6,9-14H2,1H3,(H2,18,19,20). The maximum Gasteiger partial charge on any atom is 0.191 e. The number of nitrogens with zero attached hydrogens (tertiary/aromatic N) is 1. The molecule has 0 aliphatic heterocycles. The van der Waals surface area contributed by atoms with Crippen LogP contribution in [-0.4, -0.2) is 39.8 Å². The summed E-state index contributed by atoms with van der Waals surface area (Å²) in [5, 5.41) is 6.41. The van der Waals surface area contributed by atoms with E-state index in [1.165, 1.54) is 12.8 Å². The van der Waals surface area contributed by atoms with Crippen molar-refractivity contribution in [3.63, 3.8) is 0 Å². The Morgan fingerprint density at radius 2 is 1.96 bits per heavy atom. The molecule has 1 aromatic rings. The van der Waals surface area contributed by atoms with Crippen molar-refractivity contribution in [3.8, 4) is 0 Å². The summed E-state index contributed by atoms with van der Waals surface area (Å²) in [5.41, 5.74) is 0.847. The topological polar surface area (TPSA) is 70.6 Å².